The Morgan fingerprint density at radius 2 is 2.00 bits per heavy atom. The number of methoxy groups -OCH3 is 2. The lowest BCUT2D eigenvalue weighted by Gasteiger charge is -2.37. The van der Waals surface area contributed by atoms with Gasteiger partial charge in [-0.05, 0) is 36.3 Å². The Morgan fingerprint density at radius 3 is 2.50 bits per heavy atom. The minimum absolute atomic E-state index is 0.281. The third-order valence-corrected chi connectivity index (χ3v) is 3.07. The van der Waals surface area contributed by atoms with Gasteiger partial charge in [-0.15, -0.1) is 0 Å². The average Bonchev–Trinajstić information content (AvgIpc) is 2.11. The molecule has 0 saturated heterocycles. The molecule has 82 valence electrons. The molecule has 0 aromatic heterocycles. The van der Waals surface area contributed by atoms with Crippen molar-refractivity contribution in [2.45, 2.75) is 39.7 Å². The summed E-state index contributed by atoms with van der Waals surface area (Å²) in [4.78, 5) is 0. The highest BCUT2D eigenvalue weighted by Crippen LogP contribution is 2.39. The zero-order chi connectivity index (χ0) is 10.8. The van der Waals surface area contributed by atoms with Crippen LogP contribution in [-0.2, 0) is 9.47 Å². The van der Waals surface area contributed by atoms with Gasteiger partial charge in [-0.3, -0.25) is 0 Å². The first-order valence-electron chi connectivity index (χ1n) is 5.20. The summed E-state index contributed by atoms with van der Waals surface area (Å²) in [6.45, 7) is 7.50. The summed E-state index contributed by atoms with van der Waals surface area (Å²) in [6, 6.07) is 0. The Labute approximate surface area is 87.3 Å². The fraction of sp³-hybridized carbons (Fsp3) is 0.833. The smallest absolute Gasteiger partial charge is 0.0787 e. The summed E-state index contributed by atoms with van der Waals surface area (Å²) in [7, 11) is 3.55. The van der Waals surface area contributed by atoms with Crippen LogP contribution in [0.4, 0.5) is 0 Å². The highest BCUT2D eigenvalue weighted by molar-refractivity contribution is 5.22. The molecule has 0 aliphatic heterocycles. The van der Waals surface area contributed by atoms with Gasteiger partial charge < -0.3 is 9.47 Å². The molecule has 1 aliphatic carbocycles. The van der Waals surface area contributed by atoms with E-state index >= 15 is 0 Å². The van der Waals surface area contributed by atoms with Crippen molar-refractivity contribution in [2.24, 2.45) is 5.41 Å². The summed E-state index contributed by atoms with van der Waals surface area (Å²) in [5.41, 5.74) is 3.12. The molecule has 2 heteroatoms. The zero-order valence-corrected chi connectivity index (χ0v) is 10.0. The van der Waals surface area contributed by atoms with Crippen molar-refractivity contribution in [1.82, 2.24) is 0 Å². The maximum absolute atomic E-state index is 5.50. The quantitative estimate of drug-likeness (QED) is 0.649. The van der Waals surface area contributed by atoms with E-state index < -0.39 is 0 Å². The molecule has 0 aromatic rings. The van der Waals surface area contributed by atoms with Crippen molar-refractivity contribution in [2.75, 3.05) is 20.8 Å². The lowest BCUT2D eigenvalue weighted by atomic mass is 9.73. The fourth-order valence-electron chi connectivity index (χ4n) is 2.27. The van der Waals surface area contributed by atoms with Gasteiger partial charge in [0, 0.05) is 14.2 Å². The van der Waals surface area contributed by atoms with E-state index in [0.29, 0.717) is 5.41 Å². The normalized spacial score (nSPS) is 26.8. The van der Waals surface area contributed by atoms with Crippen LogP contribution in [0.25, 0.3) is 0 Å². The lowest BCUT2D eigenvalue weighted by Crippen LogP contribution is -2.30. The van der Waals surface area contributed by atoms with E-state index in [9.17, 15) is 0 Å². The molecule has 0 fully saturated rings. The highest BCUT2D eigenvalue weighted by Gasteiger charge is 2.31. The second-order valence-corrected chi connectivity index (χ2v) is 4.99. The molecule has 1 rings (SSSR count). The molecule has 1 unspecified atom stereocenters. The first kappa shape index (κ1) is 11.7. The molecule has 1 atom stereocenters. The molecular formula is C12H22O2. The Hall–Kier alpha value is -0.340. The van der Waals surface area contributed by atoms with Crippen molar-refractivity contribution in [3.8, 4) is 0 Å². The Bertz CT molecular complexity index is 228. The van der Waals surface area contributed by atoms with E-state index in [1.165, 1.54) is 11.1 Å². The summed E-state index contributed by atoms with van der Waals surface area (Å²) in [5.74, 6) is 0. The molecule has 0 spiro atoms. The minimum Gasteiger partial charge on any atom is -0.380 e. The third kappa shape index (κ3) is 2.58. The van der Waals surface area contributed by atoms with Crippen molar-refractivity contribution < 1.29 is 9.47 Å². The van der Waals surface area contributed by atoms with Crippen LogP contribution in [0.2, 0.25) is 0 Å². The van der Waals surface area contributed by atoms with Crippen LogP contribution < -0.4 is 0 Å². The first-order chi connectivity index (χ1) is 6.50. The van der Waals surface area contributed by atoms with Gasteiger partial charge in [0.2, 0.25) is 0 Å². The van der Waals surface area contributed by atoms with E-state index in [1.807, 2.05) is 0 Å². The lowest BCUT2D eigenvalue weighted by molar-refractivity contribution is 0.0715. The number of hydrogen-bond acceptors (Lipinski definition) is 2. The minimum atomic E-state index is 0.281. The second-order valence-electron chi connectivity index (χ2n) is 4.99. The van der Waals surface area contributed by atoms with E-state index in [1.54, 1.807) is 14.2 Å². The van der Waals surface area contributed by atoms with E-state index in [0.717, 1.165) is 19.4 Å². The summed E-state index contributed by atoms with van der Waals surface area (Å²) >= 11 is 0. The SMILES string of the molecule is COCC1=C(C)C(OC)CC(C)(C)C1. The fourth-order valence-corrected chi connectivity index (χ4v) is 2.27. The van der Waals surface area contributed by atoms with Crippen LogP contribution in [0.3, 0.4) is 0 Å². The van der Waals surface area contributed by atoms with Gasteiger partial charge in [-0.2, -0.15) is 0 Å². The largest absolute Gasteiger partial charge is 0.380 e. The van der Waals surface area contributed by atoms with Gasteiger partial charge >= 0.3 is 0 Å². The molecule has 14 heavy (non-hydrogen) atoms. The van der Waals surface area contributed by atoms with Crippen molar-refractivity contribution in [3.05, 3.63) is 11.1 Å². The number of hydrogen-bond donors (Lipinski definition) is 0. The predicted molar refractivity (Wildman–Crippen MR) is 58.4 cm³/mol. The van der Waals surface area contributed by atoms with Crippen molar-refractivity contribution in [3.63, 3.8) is 0 Å². The Morgan fingerprint density at radius 1 is 1.36 bits per heavy atom. The van der Waals surface area contributed by atoms with E-state index in [2.05, 4.69) is 20.8 Å². The van der Waals surface area contributed by atoms with E-state index in [4.69, 9.17) is 9.47 Å². The highest BCUT2D eigenvalue weighted by atomic mass is 16.5. The van der Waals surface area contributed by atoms with Crippen LogP contribution in [0.15, 0.2) is 11.1 Å². The predicted octanol–water partition coefficient (Wildman–Crippen LogP) is 2.78. The monoisotopic (exact) mass is 198 g/mol. The molecule has 0 bridgehead atoms. The van der Waals surface area contributed by atoms with Gasteiger partial charge in [0.15, 0.2) is 0 Å². The van der Waals surface area contributed by atoms with Crippen molar-refractivity contribution in [1.29, 1.82) is 0 Å². The summed E-state index contributed by atoms with van der Waals surface area (Å²) in [6.07, 6.45) is 2.53. The number of rotatable bonds is 3. The average molecular weight is 198 g/mol. The van der Waals surface area contributed by atoms with Gasteiger partial charge in [0.25, 0.3) is 0 Å². The van der Waals surface area contributed by atoms with Crippen LogP contribution >= 0.6 is 0 Å². The molecule has 0 amide bonds. The standard InChI is InChI=1S/C12H22O2/c1-9-10(8-13-4)6-12(2,3)7-11(9)14-5/h11H,6-8H2,1-5H3. The van der Waals surface area contributed by atoms with Crippen LogP contribution in [-0.4, -0.2) is 26.9 Å². The topological polar surface area (TPSA) is 18.5 Å². The molecule has 0 heterocycles. The maximum atomic E-state index is 5.50. The first-order valence-corrected chi connectivity index (χ1v) is 5.20. The molecule has 0 aromatic carbocycles. The van der Waals surface area contributed by atoms with Crippen LogP contribution in [0.1, 0.15) is 33.6 Å². The van der Waals surface area contributed by atoms with Crippen molar-refractivity contribution >= 4 is 0 Å². The van der Waals surface area contributed by atoms with Gasteiger partial charge in [-0.25, -0.2) is 0 Å². The van der Waals surface area contributed by atoms with Crippen LogP contribution in [0, 0.1) is 5.41 Å². The summed E-state index contributed by atoms with van der Waals surface area (Å²) < 4.78 is 10.7. The summed E-state index contributed by atoms with van der Waals surface area (Å²) in [5, 5.41) is 0. The molecule has 1 aliphatic rings. The van der Waals surface area contributed by atoms with Gasteiger partial charge in [0.1, 0.15) is 0 Å². The van der Waals surface area contributed by atoms with E-state index in [-0.39, 0.29) is 6.10 Å². The molecule has 0 radical (unpaired) electrons. The zero-order valence-electron chi connectivity index (χ0n) is 10.0. The second kappa shape index (κ2) is 4.45. The third-order valence-electron chi connectivity index (χ3n) is 3.07. The maximum Gasteiger partial charge on any atom is 0.0787 e. The Kier molecular flexibility index (Phi) is 3.73. The Balaban J connectivity index is 2.86. The number of ether oxygens (including phenoxy) is 2. The van der Waals surface area contributed by atoms with Gasteiger partial charge in [-0.1, -0.05) is 13.8 Å². The molecular weight excluding hydrogens is 176 g/mol. The van der Waals surface area contributed by atoms with Gasteiger partial charge in [0.05, 0.1) is 12.7 Å². The molecule has 2 nitrogen and oxygen atoms in total. The van der Waals surface area contributed by atoms with Crippen LogP contribution in [0.5, 0.6) is 0 Å². The molecule has 0 N–H and O–H groups in total. The molecule has 0 saturated carbocycles.